The Morgan fingerprint density at radius 2 is 1.82 bits per heavy atom. The lowest BCUT2D eigenvalue weighted by atomic mass is 10.1. The third-order valence-corrected chi connectivity index (χ3v) is 4.19. The molecule has 0 N–H and O–H groups in total. The molecule has 1 aliphatic rings. The summed E-state index contributed by atoms with van der Waals surface area (Å²) in [7, 11) is 0. The van der Waals surface area contributed by atoms with Crippen molar-refractivity contribution in [3.8, 4) is 0 Å². The van der Waals surface area contributed by atoms with Crippen LogP contribution in [-0.4, -0.2) is 42.0 Å². The van der Waals surface area contributed by atoms with E-state index in [1.807, 2.05) is 11.0 Å². The molecule has 1 fully saturated rings. The fourth-order valence-electron chi connectivity index (χ4n) is 2.78. The number of rotatable bonds is 3. The monoisotopic (exact) mass is 295 g/mol. The van der Waals surface area contributed by atoms with Gasteiger partial charge in [0.15, 0.2) is 0 Å². The summed E-state index contributed by atoms with van der Waals surface area (Å²) in [5, 5.41) is 0. The van der Waals surface area contributed by atoms with E-state index in [2.05, 4.69) is 41.1 Å². The Bertz CT molecular complexity index is 617. The lowest BCUT2D eigenvalue weighted by molar-refractivity contribution is 0.0746. The van der Waals surface area contributed by atoms with Crippen molar-refractivity contribution in [2.24, 2.45) is 0 Å². The van der Waals surface area contributed by atoms with Crippen LogP contribution in [0.25, 0.3) is 0 Å². The largest absolute Gasteiger partial charge is 0.368 e. The second-order valence-electron chi connectivity index (χ2n) is 5.54. The molecule has 0 saturated carbocycles. The summed E-state index contributed by atoms with van der Waals surface area (Å²) in [5.74, 6) is 0.0779. The number of anilines is 1. The molecule has 1 aromatic heterocycles. The molecule has 1 amide bonds. The van der Waals surface area contributed by atoms with Crippen LogP contribution in [0.5, 0.6) is 0 Å². The van der Waals surface area contributed by atoms with Gasteiger partial charge in [-0.15, -0.1) is 0 Å². The van der Waals surface area contributed by atoms with Gasteiger partial charge in [-0.1, -0.05) is 19.1 Å². The highest BCUT2D eigenvalue weighted by atomic mass is 16.2. The first-order valence-corrected chi connectivity index (χ1v) is 7.81. The average molecular weight is 295 g/mol. The highest BCUT2D eigenvalue weighted by molar-refractivity contribution is 5.94. The molecule has 0 atom stereocenters. The van der Waals surface area contributed by atoms with Gasteiger partial charge in [0.1, 0.15) is 0 Å². The Morgan fingerprint density at radius 3 is 2.41 bits per heavy atom. The Balaban J connectivity index is 1.61. The molecule has 1 saturated heterocycles. The van der Waals surface area contributed by atoms with Crippen LogP contribution >= 0.6 is 0 Å². The van der Waals surface area contributed by atoms with Gasteiger partial charge in [0, 0.05) is 44.3 Å². The number of piperazine rings is 1. The maximum absolute atomic E-state index is 12.4. The van der Waals surface area contributed by atoms with E-state index in [0.29, 0.717) is 5.56 Å². The van der Waals surface area contributed by atoms with E-state index in [4.69, 9.17) is 0 Å². The van der Waals surface area contributed by atoms with Gasteiger partial charge in [0.25, 0.3) is 5.91 Å². The van der Waals surface area contributed by atoms with E-state index >= 15 is 0 Å². The van der Waals surface area contributed by atoms with Crippen molar-refractivity contribution in [2.45, 2.75) is 13.3 Å². The normalized spacial score (nSPS) is 15.0. The molecule has 2 heterocycles. The van der Waals surface area contributed by atoms with Crippen LogP contribution in [0.3, 0.4) is 0 Å². The predicted molar refractivity (Wildman–Crippen MR) is 88.2 cm³/mol. The van der Waals surface area contributed by atoms with Crippen LogP contribution in [-0.2, 0) is 6.42 Å². The SMILES string of the molecule is CCc1ccc(N2CCN(C(=O)c3cccnc3)CC2)cc1. The van der Waals surface area contributed by atoms with Gasteiger partial charge in [0.2, 0.25) is 0 Å². The molecule has 114 valence electrons. The summed E-state index contributed by atoms with van der Waals surface area (Å²) in [5.41, 5.74) is 3.27. The van der Waals surface area contributed by atoms with Crippen LogP contribution < -0.4 is 4.90 Å². The molecular formula is C18H21N3O. The lowest BCUT2D eigenvalue weighted by Crippen LogP contribution is -2.48. The minimum absolute atomic E-state index is 0.0779. The van der Waals surface area contributed by atoms with Gasteiger partial charge < -0.3 is 9.80 Å². The van der Waals surface area contributed by atoms with E-state index in [0.717, 1.165) is 32.6 Å². The number of hydrogen-bond donors (Lipinski definition) is 0. The van der Waals surface area contributed by atoms with Gasteiger partial charge in [-0.2, -0.15) is 0 Å². The van der Waals surface area contributed by atoms with Crippen molar-refractivity contribution < 1.29 is 4.79 Å². The van der Waals surface area contributed by atoms with Crippen molar-refractivity contribution in [1.29, 1.82) is 0 Å². The second-order valence-corrected chi connectivity index (χ2v) is 5.54. The van der Waals surface area contributed by atoms with E-state index in [9.17, 15) is 4.79 Å². The van der Waals surface area contributed by atoms with Crippen molar-refractivity contribution >= 4 is 11.6 Å². The van der Waals surface area contributed by atoms with Crippen LogP contribution in [0, 0.1) is 0 Å². The fourth-order valence-corrected chi connectivity index (χ4v) is 2.78. The van der Waals surface area contributed by atoms with E-state index in [1.165, 1.54) is 11.3 Å². The summed E-state index contributed by atoms with van der Waals surface area (Å²) < 4.78 is 0. The molecule has 4 nitrogen and oxygen atoms in total. The number of nitrogens with zero attached hydrogens (tertiary/aromatic N) is 3. The second kappa shape index (κ2) is 6.60. The summed E-state index contributed by atoms with van der Waals surface area (Å²) >= 11 is 0. The number of hydrogen-bond acceptors (Lipinski definition) is 3. The zero-order valence-electron chi connectivity index (χ0n) is 12.9. The standard InChI is InChI=1S/C18H21N3O/c1-2-15-5-7-17(8-6-15)20-10-12-21(13-11-20)18(22)16-4-3-9-19-14-16/h3-9,14H,2,10-13H2,1H3. The number of amides is 1. The maximum Gasteiger partial charge on any atom is 0.255 e. The molecule has 2 aromatic rings. The number of carbonyl (C=O) groups is 1. The minimum Gasteiger partial charge on any atom is -0.368 e. The van der Waals surface area contributed by atoms with Crippen LogP contribution in [0.15, 0.2) is 48.8 Å². The fraction of sp³-hybridized carbons (Fsp3) is 0.333. The molecule has 0 bridgehead atoms. The van der Waals surface area contributed by atoms with Crippen molar-refractivity contribution in [3.05, 3.63) is 59.9 Å². The van der Waals surface area contributed by atoms with Gasteiger partial charge in [-0.05, 0) is 36.2 Å². The molecule has 0 spiro atoms. The maximum atomic E-state index is 12.4. The van der Waals surface area contributed by atoms with Gasteiger partial charge in [-0.25, -0.2) is 0 Å². The smallest absolute Gasteiger partial charge is 0.255 e. The van der Waals surface area contributed by atoms with E-state index in [-0.39, 0.29) is 5.91 Å². The van der Waals surface area contributed by atoms with Crippen LogP contribution in [0.1, 0.15) is 22.8 Å². The Kier molecular flexibility index (Phi) is 4.37. The number of aryl methyl sites for hydroxylation is 1. The zero-order chi connectivity index (χ0) is 15.4. The molecule has 0 aliphatic carbocycles. The molecule has 0 radical (unpaired) electrons. The lowest BCUT2D eigenvalue weighted by Gasteiger charge is -2.36. The quantitative estimate of drug-likeness (QED) is 0.873. The molecule has 3 rings (SSSR count). The van der Waals surface area contributed by atoms with E-state index < -0.39 is 0 Å². The Labute approximate surface area is 131 Å². The average Bonchev–Trinajstić information content (AvgIpc) is 2.62. The molecule has 4 heteroatoms. The Hall–Kier alpha value is -2.36. The summed E-state index contributed by atoms with van der Waals surface area (Å²) in [6.45, 7) is 5.42. The number of pyridine rings is 1. The third-order valence-electron chi connectivity index (χ3n) is 4.19. The Morgan fingerprint density at radius 1 is 1.09 bits per heavy atom. The van der Waals surface area contributed by atoms with Crippen LogP contribution in [0.4, 0.5) is 5.69 Å². The first-order valence-electron chi connectivity index (χ1n) is 7.81. The molecule has 0 unspecified atom stereocenters. The van der Waals surface area contributed by atoms with Gasteiger partial charge in [0.05, 0.1) is 5.56 Å². The zero-order valence-corrected chi connectivity index (χ0v) is 12.9. The minimum atomic E-state index is 0.0779. The highest BCUT2D eigenvalue weighted by Gasteiger charge is 2.22. The van der Waals surface area contributed by atoms with Crippen molar-refractivity contribution in [1.82, 2.24) is 9.88 Å². The number of aromatic nitrogens is 1. The summed E-state index contributed by atoms with van der Waals surface area (Å²) in [4.78, 5) is 20.7. The van der Waals surface area contributed by atoms with Crippen molar-refractivity contribution in [2.75, 3.05) is 31.1 Å². The first kappa shape index (κ1) is 14.6. The number of benzene rings is 1. The molecular weight excluding hydrogens is 274 g/mol. The van der Waals surface area contributed by atoms with Crippen LogP contribution in [0.2, 0.25) is 0 Å². The molecule has 1 aliphatic heterocycles. The third kappa shape index (κ3) is 3.11. The molecule has 1 aromatic carbocycles. The topological polar surface area (TPSA) is 36.4 Å². The predicted octanol–water partition coefficient (Wildman–Crippen LogP) is 2.61. The summed E-state index contributed by atoms with van der Waals surface area (Å²) in [6, 6.07) is 12.4. The highest BCUT2D eigenvalue weighted by Crippen LogP contribution is 2.18. The van der Waals surface area contributed by atoms with E-state index in [1.54, 1.807) is 18.5 Å². The molecule has 22 heavy (non-hydrogen) atoms. The van der Waals surface area contributed by atoms with Gasteiger partial charge >= 0.3 is 0 Å². The van der Waals surface area contributed by atoms with Gasteiger partial charge in [-0.3, -0.25) is 9.78 Å². The summed E-state index contributed by atoms with van der Waals surface area (Å²) in [6.07, 6.45) is 4.39. The van der Waals surface area contributed by atoms with Crippen molar-refractivity contribution in [3.63, 3.8) is 0 Å². The number of carbonyl (C=O) groups excluding carboxylic acids is 1. The first-order chi connectivity index (χ1) is 10.8.